The number of hydrogen-bond donors (Lipinski definition) is 3. The first-order valence-corrected chi connectivity index (χ1v) is 7.57. The fourth-order valence-corrected chi connectivity index (χ4v) is 3.15. The summed E-state index contributed by atoms with van der Waals surface area (Å²) in [7, 11) is -3.69. The van der Waals surface area contributed by atoms with Crippen molar-refractivity contribution in [2.45, 2.75) is 24.7 Å². The molecule has 0 spiro atoms. The van der Waals surface area contributed by atoms with Crippen molar-refractivity contribution in [1.82, 2.24) is 4.31 Å². The van der Waals surface area contributed by atoms with Gasteiger partial charge in [0.15, 0.2) is 0 Å². The third kappa shape index (κ3) is 3.82. The Balaban J connectivity index is 3.07. The zero-order valence-electron chi connectivity index (χ0n) is 10.9. The van der Waals surface area contributed by atoms with Crippen LogP contribution in [-0.2, 0) is 10.0 Å². The number of nitrogen functional groups attached to an aromatic ring is 1. The van der Waals surface area contributed by atoms with Gasteiger partial charge in [-0.15, -0.1) is 0 Å². The second-order valence-corrected chi connectivity index (χ2v) is 6.14. The molecule has 0 heterocycles. The first-order valence-electron chi connectivity index (χ1n) is 6.13. The van der Waals surface area contributed by atoms with Crippen molar-refractivity contribution in [2.24, 2.45) is 0 Å². The average molecular weight is 288 g/mol. The highest BCUT2D eigenvalue weighted by Crippen LogP contribution is 2.25. The molecule has 6 nitrogen and oxygen atoms in total. The van der Waals surface area contributed by atoms with E-state index in [0.717, 1.165) is 6.42 Å². The standard InChI is InChI=1S/C12H20N2O4S/c1-2-3-6-14(7-8-15)19(17,18)10-4-5-12(16)11(13)9-10/h4-5,9,15-16H,2-3,6-8,13H2,1H3. The maximum absolute atomic E-state index is 12.4. The van der Waals surface area contributed by atoms with Crippen LogP contribution in [0, 0.1) is 0 Å². The molecule has 4 N–H and O–H groups in total. The maximum atomic E-state index is 12.4. The second-order valence-electron chi connectivity index (χ2n) is 4.20. The zero-order chi connectivity index (χ0) is 14.5. The van der Waals surface area contributed by atoms with Crippen LogP contribution in [-0.4, -0.2) is 42.6 Å². The Hall–Kier alpha value is -1.31. The smallest absolute Gasteiger partial charge is 0.243 e. The number of phenols is 1. The lowest BCUT2D eigenvalue weighted by Crippen LogP contribution is -2.34. The Morgan fingerprint density at radius 1 is 1.32 bits per heavy atom. The van der Waals surface area contributed by atoms with E-state index < -0.39 is 10.0 Å². The monoisotopic (exact) mass is 288 g/mol. The van der Waals surface area contributed by atoms with Crippen LogP contribution in [0.5, 0.6) is 5.75 Å². The van der Waals surface area contributed by atoms with Gasteiger partial charge in [-0.05, 0) is 24.6 Å². The first-order chi connectivity index (χ1) is 8.93. The minimum atomic E-state index is -3.69. The Labute approximate surface area is 113 Å². The lowest BCUT2D eigenvalue weighted by atomic mass is 10.3. The third-order valence-electron chi connectivity index (χ3n) is 2.75. The zero-order valence-corrected chi connectivity index (χ0v) is 11.7. The highest BCUT2D eigenvalue weighted by Gasteiger charge is 2.24. The Morgan fingerprint density at radius 2 is 2.00 bits per heavy atom. The minimum absolute atomic E-state index is 0.0144. The first kappa shape index (κ1) is 15.7. The van der Waals surface area contributed by atoms with Gasteiger partial charge in [0.2, 0.25) is 10.0 Å². The van der Waals surface area contributed by atoms with Gasteiger partial charge in [0.05, 0.1) is 17.2 Å². The summed E-state index contributed by atoms with van der Waals surface area (Å²) in [5.41, 5.74) is 5.52. The third-order valence-corrected chi connectivity index (χ3v) is 4.64. The number of aliphatic hydroxyl groups excluding tert-OH is 1. The molecule has 0 aromatic heterocycles. The van der Waals surface area contributed by atoms with Crippen molar-refractivity contribution in [1.29, 1.82) is 0 Å². The molecule has 0 amide bonds. The molecule has 1 rings (SSSR count). The van der Waals surface area contributed by atoms with E-state index in [9.17, 15) is 13.5 Å². The van der Waals surface area contributed by atoms with Crippen LogP contribution in [0.3, 0.4) is 0 Å². The molecule has 1 aromatic rings. The molecule has 19 heavy (non-hydrogen) atoms. The Kier molecular flexibility index (Phi) is 5.59. The van der Waals surface area contributed by atoms with E-state index in [1.54, 1.807) is 0 Å². The van der Waals surface area contributed by atoms with Crippen molar-refractivity contribution >= 4 is 15.7 Å². The van der Waals surface area contributed by atoms with Crippen molar-refractivity contribution in [3.8, 4) is 5.75 Å². The molecule has 0 saturated carbocycles. The quantitative estimate of drug-likeness (QED) is 0.507. The molecular formula is C12H20N2O4S. The second kappa shape index (κ2) is 6.74. The summed E-state index contributed by atoms with van der Waals surface area (Å²) in [6.45, 7) is 2.11. The SMILES string of the molecule is CCCCN(CCO)S(=O)(=O)c1ccc(O)c(N)c1. The number of unbranched alkanes of at least 4 members (excludes halogenated alkanes) is 1. The number of hydrogen-bond acceptors (Lipinski definition) is 5. The number of nitrogens with zero attached hydrogens (tertiary/aromatic N) is 1. The number of phenolic OH excluding ortho intramolecular Hbond substituents is 1. The van der Waals surface area contributed by atoms with E-state index in [2.05, 4.69) is 0 Å². The van der Waals surface area contributed by atoms with Gasteiger partial charge in [0, 0.05) is 13.1 Å². The van der Waals surface area contributed by atoms with Crippen molar-refractivity contribution < 1.29 is 18.6 Å². The summed E-state index contributed by atoms with van der Waals surface area (Å²) < 4.78 is 26.0. The fraction of sp³-hybridized carbons (Fsp3) is 0.500. The van der Waals surface area contributed by atoms with E-state index in [-0.39, 0.29) is 29.5 Å². The summed E-state index contributed by atoms with van der Waals surface area (Å²) in [5.74, 6) is -0.152. The van der Waals surface area contributed by atoms with Gasteiger partial charge in [-0.1, -0.05) is 13.3 Å². The number of nitrogens with two attached hydrogens (primary N) is 1. The lowest BCUT2D eigenvalue weighted by molar-refractivity contribution is 0.252. The van der Waals surface area contributed by atoms with E-state index in [1.165, 1.54) is 22.5 Å². The van der Waals surface area contributed by atoms with Gasteiger partial charge in [-0.3, -0.25) is 0 Å². The van der Waals surface area contributed by atoms with Gasteiger partial charge < -0.3 is 15.9 Å². The van der Waals surface area contributed by atoms with Crippen LogP contribution in [0.2, 0.25) is 0 Å². The fourth-order valence-electron chi connectivity index (χ4n) is 1.64. The van der Waals surface area contributed by atoms with Crippen LogP contribution in [0.15, 0.2) is 23.1 Å². The number of benzene rings is 1. The normalized spacial score (nSPS) is 11.9. The van der Waals surface area contributed by atoms with Gasteiger partial charge in [0.25, 0.3) is 0 Å². The molecule has 0 atom stereocenters. The van der Waals surface area contributed by atoms with Crippen molar-refractivity contribution in [2.75, 3.05) is 25.4 Å². The molecule has 7 heteroatoms. The lowest BCUT2D eigenvalue weighted by Gasteiger charge is -2.21. The molecule has 0 saturated heterocycles. The van der Waals surface area contributed by atoms with E-state index >= 15 is 0 Å². The van der Waals surface area contributed by atoms with E-state index in [1.807, 2.05) is 6.92 Å². The summed E-state index contributed by atoms with van der Waals surface area (Å²) in [6, 6.07) is 3.78. The Morgan fingerprint density at radius 3 is 2.53 bits per heavy atom. The predicted molar refractivity (Wildman–Crippen MR) is 73.3 cm³/mol. The van der Waals surface area contributed by atoms with Crippen LogP contribution >= 0.6 is 0 Å². The number of sulfonamides is 1. The highest BCUT2D eigenvalue weighted by molar-refractivity contribution is 7.89. The van der Waals surface area contributed by atoms with Crippen LogP contribution in [0.4, 0.5) is 5.69 Å². The molecule has 108 valence electrons. The summed E-state index contributed by atoms with van der Waals surface area (Å²) in [6.07, 6.45) is 1.57. The van der Waals surface area contributed by atoms with Crippen molar-refractivity contribution in [3.05, 3.63) is 18.2 Å². The van der Waals surface area contributed by atoms with Crippen molar-refractivity contribution in [3.63, 3.8) is 0 Å². The number of aliphatic hydroxyl groups is 1. The molecule has 0 aliphatic rings. The molecule has 0 fully saturated rings. The molecule has 0 bridgehead atoms. The van der Waals surface area contributed by atoms with Gasteiger partial charge >= 0.3 is 0 Å². The summed E-state index contributed by atoms with van der Waals surface area (Å²) in [5, 5.41) is 18.3. The van der Waals surface area contributed by atoms with Crippen LogP contribution in [0.1, 0.15) is 19.8 Å². The Bertz CT molecular complexity index is 516. The molecule has 0 aliphatic heterocycles. The minimum Gasteiger partial charge on any atom is -0.506 e. The molecule has 0 aliphatic carbocycles. The number of anilines is 1. The average Bonchev–Trinajstić information content (AvgIpc) is 2.37. The molecule has 0 radical (unpaired) electrons. The van der Waals surface area contributed by atoms with E-state index in [0.29, 0.717) is 13.0 Å². The number of aromatic hydroxyl groups is 1. The topological polar surface area (TPSA) is 104 Å². The largest absolute Gasteiger partial charge is 0.506 e. The molecular weight excluding hydrogens is 268 g/mol. The van der Waals surface area contributed by atoms with Crippen LogP contribution < -0.4 is 5.73 Å². The van der Waals surface area contributed by atoms with Gasteiger partial charge in [-0.2, -0.15) is 4.31 Å². The number of rotatable bonds is 7. The predicted octanol–water partition coefficient (Wildman–Crippen LogP) is 0.757. The molecule has 0 unspecified atom stereocenters. The summed E-state index contributed by atoms with van der Waals surface area (Å²) >= 11 is 0. The van der Waals surface area contributed by atoms with Gasteiger partial charge in [0.1, 0.15) is 5.75 Å². The molecule has 1 aromatic carbocycles. The van der Waals surface area contributed by atoms with E-state index in [4.69, 9.17) is 10.8 Å². The maximum Gasteiger partial charge on any atom is 0.243 e. The highest BCUT2D eigenvalue weighted by atomic mass is 32.2. The summed E-state index contributed by atoms with van der Waals surface area (Å²) in [4.78, 5) is 0.0207. The van der Waals surface area contributed by atoms with Gasteiger partial charge in [-0.25, -0.2) is 8.42 Å². The van der Waals surface area contributed by atoms with Crippen LogP contribution in [0.25, 0.3) is 0 Å².